The van der Waals surface area contributed by atoms with E-state index in [2.05, 4.69) is 16.0 Å². The zero-order chi connectivity index (χ0) is 24.9. The van der Waals surface area contributed by atoms with Gasteiger partial charge >= 0.3 is 0 Å². The zero-order valence-corrected chi connectivity index (χ0v) is 21.5. The van der Waals surface area contributed by atoms with Crippen LogP contribution in [-0.4, -0.2) is 46.9 Å². The number of nitrogens with zero attached hydrogens (tertiary/aromatic N) is 1. The summed E-state index contributed by atoms with van der Waals surface area (Å²) in [5, 5.41) is 9.35. The molecule has 8 heteroatoms. The van der Waals surface area contributed by atoms with E-state index in [4.69, 9.17) is 0 Å². The van der Waals surface area contributed by atoms with Gasteiger partial charge in [0, 0.05) is 24.3 Å². The Morgan fingerprint density at radius 1 is 0.857 bits per heavy atom. The average Bonchev–Trinajstić information content (AvgIpc) is 3.17. The molecule has 196 valence electrons. The summed E-state index contributed by atoms with van der Waals surface area (Å²) in [6.07, 6.45) is 13.0. The summed E-state index contributed by atoms with van der Waals surface area (Å²) >= 11 is 0. The van der Waals surface area contributed by atoms with Crippen LogP contribution in [0.2, 0.25) is 0 Å². The summed E-state index contributed by atoms with van der Waals surface area (Å²) in [7, 11) is 0. The van der Waals surface area contributed by atoms with Crippen molar-refractivity contribution >= 4 is 23.6 Å². The fourth-order valence-electron chi connectivity index (χ4n) is 6.71. The van der Waals surface area contributed by atoms with Crippen LogP contribution in [0.3, 0.4) is 0 Å². The highest BCUT2D eigenvalue weighted by atomic mass is 16.2. The predicted octanol–water partition coefficient (Wildman–Crippen LogP) is 3.49. The van der Waals surface area contributed by atoms with Crippen molar-refractivity contribution in [2.75, 3.05) is 6.54 Å². The first-order valence-electron chi connectivity index (χ1n) is 14.0. The second-order valence-electron chi connectivity index (χ2n) is 11.6. The summed E-state index contributed by atoms with van der Waals surface area (Å²) in [5.41, 5.74) is -1.68. The number of carbonyl (C=O) groups is 4. The molecule has 2 aliphatic heterocycles. The fourth-order valence-corrected chi connectivity index (χ4v) is 6.71. The molecular formula is C27H44N4O4. The molecule has 0 radical (unpaired) electrons. The SMILES string of the molecule is CC1(C(=O)N([C@H]2CCCCC(=O)N2)[C@@]2(NC(=O)C3CCCCC3)CCCNC(=O)C2)CCCCC1. The van der Waals surface area contributed by atoms with Gasteiger partial charge in [0.15, 0.2) is 0 Å². The van der Waals surface area contributed by atoms with Crippen LogP contribution in [0.1, 0.15) is 116 Å². The first-order valence-corrected chi connectivity index (χ1v) is 14.0. The Morgan fingerprint density at radius 3 is 2.29 bits per heavy atom. The molecule has 2 aliphatic carbocycles. The summed E-state index contributed by atoms with van der Waals surface area (Å²) in [5.74, 6) is -0.379. The highest BCUT2D eigenvalue weighted by Gasteiger charge is 2.52. The van der Waals surface area contributed by atoms with Crippen LogP contribution in [0.5, 0.6) is 0 Å². The molecule has 0 aromatic carbocycles. The van der Waals surface area contributed by atoms with E-state index >= 15 is 0 Å². The number of carbonyl (C=O) groups excluding carboxylic acids is 4. The molecular weight excluding hydrogens is 444 g/mol. The molecule has 2 atom stereocenters. The van der Waals surface area contributed by atoms with E-state index in [0.29, 0.717) is 32.2 Å². The van der Waals surface area contributed by atoms with Crippen LogP contribution in [0, 0.1) is 11.3 Å². The predicted molar refractivity (Wildman–Crippen MR) is 133 cm³/mol. The first kappa shape index (κ1) is 26.0. The van der Waals surface area contributed by atoms with Crippen molar-refractivity contribution in [2.45, 2.75) is 128 Å². The average molecular weight is 489 g/mol. The molecule has 2 heterocycles. The van der Waals surface area contributed by atoms with Gasteiger partial charge in [-0.15, -0.1) is 0 Å². The maximum atomic E-state index is 14.5. The third-order valence-corrected chi connectivity index (χ3v) is 8.80. The summed E-state index contributed by atoms with van der Waals surface area (Å²) in [6, 6.07) is 0. The Balaban J connectivity index is 1.74. The second kappa shape index (κ2) is 11.3. The van der Waals surface area contributed by atoms with Gasteiger partial charge in [-0.3, -0.25) is 24.1 Å². The molecule has 0 bridgehead atoms. The Kier molecular flexibility index (Phi) is 8.38. The third kappa shape index (κ3) is 6.00. The van der Waals surface area contributed by atoms with Gasteiger partial charge in [-0.05, 0) is 57.8 Å². The minimum absolute atomic E-state index is 0.0250. The van der Waals surface area contributed by atoms with Crippen LogP contribution in [-0.2, 0) is 19.2 Å². The van der Waals surface area contributed by atoms with Crippen LogP contribution in [0.25, 0.3) is 0 Å². The Bertz CT molecular complexity index is 803. The van der Waals surface area contributed by atoms with Crippen molar-refractivity contribution in [1.82, 2.24) is 20.9 Å². The Labute approximate surface area is 209 Å². The molecule has 35 heavy (non-hydrogen) atoms. The number of amides is 4. The molecule has 4 amide bonds. The fraction of sp³-hybridized carbons (Fsp3) is 0.852. The summed E-state index contributed by atoms with van der Waals surface area (Å²) in [4.78, 5) is 55.5. The van der Waals surface area contributed by atoms with Crippen LogP contribution in [0.4, 0.5) is 0 Å². The van der Waals surface area contributed by atoms with Gasteiger partial charge in [-0.2, -0.15) is 0 Å². The molecule has 2 saturated heterocycles. The van der Waals surface area contributed by atoms with Gasteiger partial charge in [0.05, 0.1) is 6.42 Å². The zero-order valence-electron chi connectivity index (χ0n) is 21.5. The van der Waals surface area contributed by atoms with E-state index in [1.165, 1.54) is 0 Å². The molecule has 0 unspecified atom stereocenters. The van der Waals surface area contributed by atoms with E-state index in [1.807, 2.05) is 6.92 Å². The lowest BCUT2D eigenvalue weighted by Crippen LogP contribution is -2.71. The van der Waals surface area contributed by atoms with E-state index in [-0.39, 0.29) is 36.0 Å². The molecule has 0 aromatic heterocycles. The van der Waals surface area contributed by atoms with Gasteiger partial charge in [-0.1, -0.05) is 45.4 Å². The molecule has 3 N–H and O–H groups in total. The van der Waals surface area contributed by atoms with Crippen LogP contribution < -0.4 is 16.0 Å². The van der Waals surface area contributed by atoms with Crippen molar-refractivity contribution in [3.05, 3.63) is 0 Å². The number of rotatable bonds is 5. The number of hydrogen-bond acceptors (Lipinski definition) is 4. The smallest absolute Gasteiger partial charge is 0.232 e. The lowest BCUT2D eigenvalue weighted by molar-refractivity contribution is -0.162. The largest absolute Gasteiger partial charge is 0.356 e. The topological polar surface area (TPSA) is 108 Å². The second-order valence-corrected chi connectivity index (χ2v) is 11.6. The van der Waals surface area contributed by atoms with E-state index in [9.17, 15) is 19.2 Å². The minimum atomic E-state index is -1.13. The maximum absolute atomic E-state index is 14.5. The standard InChI is InChI=1S/C27H44N4O4/c1-26(15-8-3-9-16-26)25(35)31(21-13-6-7-14-22(32)29-21)27(17-10-18-28-23(33)19-27)30-24(34)20-11-4-2-5-12-20/h20-21H,2-19H2,1H3,(H,28,33)(H,29,32)(H,30,34)/t21-,27-/m0/s1. The normalized spacial score (nSPS) is 30.3. The van der Waals surface area contributed by atoms with Gasteiger partial charge in [0.1, 0.15) is 11.8 Å². The minimum Gasteiger partial charge on any atom is -0.356 e. The molecule has 2 saturated carbocycles. The maximum Gasteiger partial charge on any atom is 0.232 e. The lowest BCUT2D eigenvalue weighted by atomic mass is 9.73. The van der Waals surface area contributed by atoms with Gasteiger partial charge < -0.3 is 16.0 Å². The van der Waals surface area contributed by atoms with Crippen LogP contribution in [0.15, 0.2) is 0 Å². The monoisotopic (exact) mass is 488 g/mol. The highest BCUT2D eigenvalue weighted by molar-refractivity contribution is 5.88. The molecule has 0 aromatic rings. The molecule has 0 spiro atoms. The number of hydrogen-bond donors (Lipinski definition) is 3. The molecule has 4 aliphatic rings. The van der Waals surface area contributed by atoms with Crippen LogP contribution >= 0.6 is 0 Å². The van der Waals surface area contributed by atoms with Gasteiger partial charge in [-0.25, -0.2) is 0 Å². The van der Waals surface area contributed by atoms with E-state index < -0.39 is 17.2 Å². The lowest BCUT2D eigenvalue weighted by Gasteiger charge is -2.51. The first-order chi connectivity index (χ1) is 16.8. The molecule has 4 fully saturated rings. The van der Waals surface area contributed by atoms with Crippen molar-refractivity contribution in [3.8, 4) is 0 Å². The van der Waals surface area contributed by atoms with E-state index in [0.717, 1.165) is 77.0 Å². The van der Waals surface area contributed by atoms with Crippen molar-refractivity contribution in [1.29, 1.82) is 0 Å². The van der Waals surface area contributed by atoms with Gasteiger partial charge in [0.25, 0.3) is 0 Å². The summed E-state index contributed by atoms with van der Waals surface area (Å²) < 4.78 is 0. The molecule has 8 nitrogen and oxygen atoms in total. The molecule has 4 rings (SSSR count). The van der Waals surface area contributed by atoms with E-state index in [1.54, 1.807) is 4.90 Å². The van der Waals surface area contributed by atoms with Crippen molar-refractivity contribution < 1.29 is 19.2 Å². The van der Waals surface area contributed by atoms with Crippen molar-refractivity contribution in [3.63, 3.8) is 0 Å². The number of nitrogens with one attached hydrogen (secondary N) is 3. The van der Waals surface area contributed by atoms with Gasteiger partial charge in [0.2, 0.25) is 23.6 Å². The highest BCUT2D eigenvalue weighted by Crippen LogP contribution is 2.41. The van der Waals surface area contributed by atoms with Crippen molar-refractivity contribution in [2.24, 2.45) is 11.3 Å². The quantitative estimate of drug-likeness (QED) is 0.515. The Morgan fingerprint density at radius 2 is 1.54 bits per heavy atom. The Hall–Kier alpha value is -2.12. The third-order valence-electron chi connectivity index (χ3n) is 8.80. The summed E-state index contributed by atoms with van der Waals surface area (Å²) in [6.45, 7) is 2.56.